The van der Waals surface area contributed by atoms with E-state index in [0.717, 1.165) is 60.8 Å². The number of allylic oxidation sites excluding steroid dienone is 2. The molecule has 2 aliphatic rings. The molecule has 0 amide bonds. The Morgan fingerprint density at radius 1 is 1.34 bits per heavy atom. The lowest BCUT2D eigenvalue weighted by molar-refractivity contribution is -0.148. The van der Waals surface area contributed by atoms with E-state index < -0.39 is 0 Å². The maximum Gasteiger partial charge on any atom is 0.308 e. The topological polar surface area (TPSA) is 65.2 Å². The van der Waals surface area contributed by atoms with E-state index in [9.17, 15) is 4.79 Å². The molecular weight excluding hydrogens is 384 g/mol. The maximum atomic E-state index is 12.1. The minimum atomic E-state index is -0.0597. The average molecular weight is 413 g/mol. The molecule has 2 bridgehead atoms. The first-order chi connectivity index (χ1) is 14.0. The van der Waals surface area contributed by atoms with Crippen molar-refractivity contribution < 1.29 is 9.53 Å². The number of carbonyl (C=O) groups excluding carboxylic acids is 1. The van der Waals surface area contributed by atoms with Gasteiger partial charge in [-0.2, -0.15) is 0 Å². The molecule has 0 aliphatic heterocycles. The van der Waals surface area contributed by atoms with E-state index in [2.05, 4.69) is 13.0 Å². The summed E-state index contributed by atoms with van der Waals surface area (Å²) in [5, 5.41) is 1.69. The highest BCUT2D eigenvalue weighted by atomic mass is 35.5. The molecule has 3 unspecified atom stereocenters. The largest absolute Gasteiger partial charge is 0.466 e. The zero-order chi connectivity index (χ0) is 20.5. The van der Waals surface area contributed by atoms with Gasteiger partial charge in [0.05, 0.1) is 18.0 Å². The van der Waals surface area contributed by atoms with E-state index in [1.54, 1.807) is 0 Å². The van der Waals surface area contributed by atoms with Crippen molar-refractivity contribution in [2.75, 3.05) is 12.3 Å². The number of hydrogen-bond donors (Lipinski definition) is 1. The second kappa shape index (κ2) is 8.35. The Balaban J connectivity index is 1.55. The second-order valence-electron chi connectivity index (χ2n) is 8.37. The molecule has 2 N–H and O–H groups in total. The van der Waals surface area contributed by atoms with E-state index in [-0.39, 0.29) is 11.9 Å². The normalized spacial score (nSPS) is 21.4. The fraction of sp³-hybridized carbons (Fsp3) is 0.500. The third-order valence-corrected chi connectivity index (χ3v) is 6.70. The van der Waals surface area contributed by atoms with Crippen molar-refractivity contribution in [3.8, 4) is 0 Å². The van der Waals surface area contributed by atoms with Gasteiger partial charge in [-0.1, -0.05) is 30.2 Å². The van der Waals surface area contributed by atoms with E-state index >= 15 is 0 Å². The van der Waals surface area contributed by atoms with Gasteiger partial charge in [0.25, 0.3) is 0 Å². The molecule has 0 saturated heterocycles. The maximum absolute atomic E-state index is 12.1. The van der Waals surface area contributed by atoms with Crippen LogP contribution in [0.2, 0.25) is 5.02 Å². The van der Waals surface area contributed by atoms with Gasteiger partial charge in [-0.05, 0) is 75.5 Å². The molecule has 2 aromatic rings. The predicted molar refractivity (Wildman–Crippen MR) is 118 cm³/mol. The van der Waals surface area contributed by atoms with E-state index in [0.29, 0.717) is 23.5 Å². The Hall–Kier alpha value is -2.07. The van der Waals surface area contributed by atoms with Crippen LogP contribution in [-0.2, 0) is 16.0 Å². The van der Waals surface area contributed by atoms with Gasteiger partial charge in [0.15, 0.2) is 0 Å². The number of nitrogens with zero attached hydrogens (tertiary/aromatic N) is 1. The molecule has 1 aromatic carbocycles. The van der Waals surface area contributed by atoms with Crippen LogP contribution in [0.4, 0.5) is 5.69 Å². The van der Waals surface area contributed by atoms with E-state index in [1.807, 2.05) is 25.1 Å². The molecule has 2 aliphatic carbocycles. The number of anilines is 1. The lowest BCUT2D eigenvalue weighted by Gasteiger charge is -2.36. The van der Waals surface area contributed by atoms with Gasteiger partial charge in [-0.3, -0.25) is 9.78 Å². The van der Waals surface area contributed by atoms with Crippen molar-refractivity contribution in [3.63, 3.8) is 0 Å². The van der Waals surface area contributed by atoms with E-state index in [4.69, 9.17) is 27.1 Å². The summed E-state index contributed by atoms with van der Waals surface area (Å²) in [4.78, 5) is 17.0. The summed E-state index contributed by atoms with van der Waals surface area (Å²) in [6.45, 7) is 4.37. The number of benzene rings is 1. The number of ether oxygens (including phenoxy) is 1. The Kier molecular flexibility index (Phi) is 5.82. The molecule has 0 fully saturated rings. The van der Waals surface area contributed by atoms with Gasteiger partial charge in [-0.25, -0.2) is 0 Å². The molecule has 1 heterocycles. The number of pyridine rings is 1. The zero-order valence-corrected chi connectivity index (χ0v) is 18.0. The predicted octanol–water partition coefficient (Wildman–Crippen LogP) is 5.82. The first kappa shape index (κ1) is 20.2. The number of hydrogen-bond acceptors (Lipinski definition) is 4. The Morgan fingerprint density at radius 3 is 2.93 bits per heavy atom. The average Bonchev–Trinajstić information content (AvgIpc) is 2.68. The fourth-order valence-corrected chi connectivity index (χ4v) is 5.25. The lowest BCUT2D eigenvalue weighted by atomic mass is 9.70. The molecule has 0 spiro atoms. The zero-order valence-electron chi connectivity index (χ0n) is 17.2. The highest BCUT2D eigenvalue weighted by Crippen LogP contribution is 2.47. The van der Waals surface area contributed by atoms with Crippen molar-refractivity contribution >= 4 is 34.2 Å². The van der Waals surface area contributed by atoms with E-state index in [1.165, 1.54) is 11.1 Å². The van der Waals surface area contributed by atoms with Gasteiger partial charge in [0.2, 0.25) is 0 Å². The summed E-state index contributed by atoms with van der Waals surface area (Å²) in [6, 6.07) is 5.77. The first-order valence-electron chi connectivity index (χ1n) is 10.7. The number of carbonyl (C=O) groups is 1. The molecule has 4 rings (SSSR count). The Morgan fingerprint density at radius 2 is 2.17 bits per heavy atom. The van der Waals surface area contributed by atoms with Gasteiger partial charge in [0.1, 0.15) is 0 Å². The van der Waals surface area contributed by atoms with Crippen molar-refractivity contribution in [2.45, 2.75) is 58.3 Å². The first-order valence-corrected chi connectivity index (χ1v) is 11.1. The molecule has 0 saturated carbocycles. The molecule has 4 nitrogen and oxygen atoms in total. The SMILES string of the molecule is CCOC(=O)C(CC)CCC1=CC2Cc3nc4cc(Cl)ccc4c(N)c3C(C1)C2. The number of aromatic nitrogens is 1. The van der Waals surface area contributed by atoms with Gasteiger partial charge < -0.3 is 10.5 Å². The van der Waals surface area contributed by atoms with Crippen molar-refractivity contribution in [1.82, 2.24) is 4.98 Å². The lowest BCUT2D eigenvalue weighted by Crippen LogP contribution is -2.25. The van der Waals surface area contributed by atoms with Crippen molar-refractivity contribution in [3.05, 3.63) is 46.1 Å². The summed E-state index contributed by atoms with van der Waals surface area (Å²) < 4.78 is 5.23. The third kappa shape index (κ3) is 4.00. The molecule has 29 heavy (non-hydrogen) atoms. The number of halogens is 1. The number of nitrogens with two attached hydrogens (primary N) is 1. The van der Waals surface area contributed by atoms with Crippen molar-refractivity contribution in [2.24, 2.45) is 11.8 Å². The fourth-order valence-electron chi connectivity index (χ4n) is 5.08. The number of esters is 1. The molecule has 0 radical (unpaired) electrons. The van der Waals surface area contributed by atoms with Crippen LogP contribution in [0.3, 0.4) is 0 Å². The van der Waals surface area contributed by atoms with Crippen LogP contribution in [0.5, 0.6) is 0 Å². The van der Waals surface area contributed by atoms with Crippen LogP contribution in [0.1, 0.15) is 63.1 Å². The molecular formula is C24H29ClN2O2. The summed E-state index contributed by atoms with van der Waals surface area (Å²) in [5.41, 5.74) is 12.2. The van der Waals surface area contributed by atoms with Gasteiger partial charge in [-0.15, -0.1) is 0 Å². The minimum absolute atomic E-state index is 0.00895. The van der Waals surface area contributed by atoms with Crippen LogP contribution in [-0.4, -0.2) is 17.6 Å². The Labute approximate surface area is 177 Å². The quantitative estimate of drug-likeness (QED) is 0.479. The number of rotatable bonds is 6. The number of fused-ring (bicyclic) bond motifs is 5. The Bertz CT molecular complexity index is 969. The highest BCUT2D eigenvalue weighted by molar-refractivity contribution is 6.31. The molecule has 154 valence electrons. The van der Waals surface area contributed by atoms with Crippen LogP contribution in [0.15, 0.2) is 29.8 Å². The van der Waals surface area contributed by atoms with Crippen LogP contribution in [0.25, 0.3) is 10.9 Å². The second-order valence-corrected chi connectivity index (χ2v) is 8.81. The standard InChI is InChI=1S/C24H29ClN2O2/c1-3-16(24(28)29-4-2)6-5-14-9-15-11-17(10-14)22-21(12-15)27-20-13-18(25)7-8-19(20)23(22)26/h7-9,13,15-17H,3-6,10-12H2,1-2H3,(H2,26,27). The van der Waals surface area contributed by atoms with Crippen LogP contribution in [0, 0.1) is 11.8 Å². The summed E-state index contributed by atoms with van der Waals surface area (Å²) in [5.74, 6) is 0.849. The monoisotopic (exact) mass is 412 g/mol. The molecule has 5 heteroatoms. The van der Waals surface area contributed by atoms with Crippen LogP contribution < -0.4 is 5.73 Å². The molecule has 1 aromatic heterocycles. The summed E-state index contributed by atoms with van der Waals surface area (Å²) >= 11 is 6.16. The minimum Gasteiger partial charge on any atom is -0.466 e. The third-order valence-electron chi connectivity index (χ3n) is 6.46. The molecule has 3 atom stereocenters. The summed E-state index contributed by atoms with van der Waals surface area (Å²) in [7, 11) is 0. The highest BCUT2D eigenvalue weighted by Gasteiger charge is 2.34. The van der Waals surface area contributed by atoms with Gasteiger partial charge in [0, 0.05) is 27.4 Å². The van der Waals surface area contributed by atoms with Gasteiger partial charge >= 0.3 is 5.97 Å². The smallest absolute Gasteiger partial charge is 0.308 e. The summed E-state index contributed by atoms with van der Waals surface area (Å²) in [6.07, 6.45) is 8.14. The van der Waals surface area contributed by atoms with Crippen molar-refractivity contribution in [1.29, 1.82) is 0 Å². The number of nitrogen functional groups attached to an aromatic ring is 1. The van der Waals surface area contributed by atoms with Crippen LogP contribution >= 0.6 is 11.6 Å².